The fraction of sp³-hybridized carbons (Fsp3) is 0.867. The van der Waals surface area contributed by atoms with Crippen LogP contribution >= 0.6 is 0 Å². The Balaban J connectivity index is 2.31. The van der Waals surface area contributed by atoms with Crippen LogP contribution in [0.4, 0.5) is 0 Å². The molecule has 1 saturated heterocycles. The van der Waals surface area contributed by atoms with Crippen molar-refractivity contribution in [1.82, 2.24) is 9.80 Å². The Kier molecular flexibility index (Phi) is 6.46. The van der Waals surface area contributed by atoms with E-state index in [-0.39, 0.29) is 17.2 Å². The van der Waals surface area contributed by atoms with Crippen LogP contribution in [-0.2, 0) is 14.3 Å². The zero-order valence-electron chi connectivity index (χ0n) is 13.3. The average Bonchev–Trinajstić information content (AvgIpc) is 2.41. The summed E-state index contributed by atoms with van der Waals surface area (Å²) in [6, 6.07) is 0. The number of carbonyl (C=O) groups excluding carboxylic acids is 2. The number of amides is 2. The Morgan fingerprint density at radius 3 is 2.10 bits per heavy atom. The predicted octanol–water partition coefficient (Wildman–Crippen LogP) is 1.52. The number of rotatable bonds is 5. The molecule has 0 saturated carbocycles. The van der Waals surface area contributed by atoms with Crippen molar-refractivity contribution in [2.45, 2.75) is 40.5 Å². The summed E-state index contributed by atoms with van der Waals surface area (Å²) in [5.74, 6) is 0.341. The fourth-order valence-corrected chi connectivity index (χ4v) is 2.26. The van der Waals surface area contributed by atoms with Gasteiger partial charge in [0.05, 0.1) is 0 Å². The highest BCUT2D eigenvalue weighted by molar-refractivity contribution is 5.82. The molecule has 5 nitrogen and oxygen atoms in total. The van der Waals surface area contributed by atoms with Gasteiger partial charge in [-0.1, -0.05) is 20.8 Å². The number of hydrogen-bond acceptors (Lipinski definition) is 3. The number of ether oxygens (including phenoxy) is 1. The zero-order chi connectivity index (χ0) is 15.2. The molecule has 1 rings (SSSR count). The molecule has 0 atom stereocenters. The second-order valence-corrected chi connectivity index (χ2v) is 6.22. The Labute approximate surface area is 122 Å². The predicted molar refractivity (Wildman–Crippen MR) is 78.3 cm³/mol. The lowest BCUT2D eigenvalue weighted by molar-refractivity contribution is -0.145. The van der Waals surface area contributed by atoms with Gasteiger partial charge in [0.25, 0.3) is 0 Å². The Morgan fingerprint density at radius 1 is 1.05 bits per heavy atom. The lowest BCUT2D eigenvalue weighted by Crippen LogP contribution is -2.53. The molecule has 0 N–H and O–H groups in total. The first kappa shape index (κ1) is 17.0. The highest BCUT2D eigenvalue weighted by atomic mass is 16.5. The first-order valence-corrected chi connectivity index (χ1v) is 7.51. The van der Waals surface area contributed by atoms with Crippen LogP contribution in [0.15, 0.2) is 0 Å². The van der Waals surface area contributed by atoms with Gasteiger partial charge >= 0.3 is 0 Å². The summed E-state index contributed by atoms with van der Waals surface area (Å²) in [5, 5.41) is 0. The van der Waals surface area contributed by atoms with Crippen LogP contribution in [0.3, 0.4) is 0 Å². The van der Waals surface area contributed by atoms with Gasteiger partial charge in [-0.3, -0.25) is 9.59 Å². The maximum Gasteiger partial charge on any atom is 0.228 e. The Bertz CT molecular complexity index is 329. The lowest BCUT2D eigenvalue weighted by Gasteiger charge is -2.37. The summed E-state index contributed by atoms with van der Waals surface area (Å²) in [6.45, 7) is 11.7. The molecule has 0 aromatic rings. The third kappa shape index (κ3) is 5.12. The minimum Gasteiger partial charge on any atom is -0.382 e. The molecular weight excluding hydrogens is 256 g/mol. The van der Waals surface area contributed by atoms with E-state index >= 15 is 0 Å². The molecule has 0 radical (unpaired) electrons. The van der Waals surface area contributed by atoms with Gasteiger partial charge in [-0.2, -0.15) is 0 Å². The van der Waals surface area contributed by atoms with Crippen molar-refractivity contribution in [1.29, 1.82) is 0 Å². The Morgan fingerprint density at radius 2 is 1.60 bits per heavy atom. The van der Waals surface area contributed by atoms with Gasteiger partial charge in [-0.25, -0.2) is 0 Å². The highest BCUT2D eigenvalue weighted by Crippen LogP contribution is 2.18. The van der Waals surface area contributed by atoms with Gasteiger partial charge in [0.15, 0.2) is 0 Å². The number of piperazine rings is 1. The summed E-state index contributed by atoms with van der Waals surface area (Å²) in [4.78, 5) is 27.9. The first-order chi connectivity index (χ1) is 9.36. The van der Waals surface area contributed by atoms with E-state index in [4.69, 9.17) is 4.74 Å². The molecule has 0 bridgehead atoms. The molecule has 1 heterocycles. The summed E-state index contributed by atoms with van der Waals surface area (Å²) < 4.78 is 5.23. The maximum absolute atomic E-state index is 12.1. The molecule has 5 heteroatoms. The molecule has 0 aliphatic carbocycles. The molecule has 116 valence electrons. The second-order valence-electron chi connectivity index (χ2n) is 6.22. The van der Waals surface area contributed by atoms with Crippen LogP contribution in [0, 0.1) is 5.41 Å². The van der Waals surface area contributed by atoms with Crippen molar-refractivity contribution in [2.75, 3.05) is 39.4 Å². The normalized spacial score (nSPS) is 16.4. The molecule has 0 unspecified atom stereocenters. The molecule has 0 aromatic heterocycles. The van der Waals surface area contributed by atoms with E-state index in [0.717, 1.165) is 6.42 Å². The van der Waals surface area contributed by atoms with Crippen molar-refractivity contribution in [3.05, 3.63) is 0 Å². The quantitative estimate of drug-likeness (QED) is 0.719. The van der Waals surface area contributed by atoms with Crippen molar-refractivity contribution < 1.29 is 14.3 Å². The smallest absolute Gasteiger partial charge is 0.228 e. The van der Waals surface area contributed by atoms with Gasteiger partial charge in [0.2, 0.25) is 11.8 Å². The minimum atomic E-state index is -0.344. The third-order valence-corrected chi connectivity index (χ3v) is 3.44. The molecule has 0 aromatic carbocycles. The largest absolute Gasteiger partial charge is 0.382 e. The molecule has 20 heavy (non-hydrogen) atoms. The van der Waals surface area contributed by atoms with E-state index in [0.29, 0.717) is 45.8 Å². The van der Waals surface area contributed by atoms with E-state index < -0.39 is 0 Å². The van der Waals surface area contributed by atoms with Crippen molar-refractivity contribution in [3.8, 4) is 0 Å². The van der Waals surface area contributed by atoms with E-state index in [2.05, 4.69) is 0 Å². The van der Waals surface area contributed by atoms with E-state index in [1.807, 2.05) is 37.5 Å². The second kappa shape index (κ2) is 7.62. The van der Waals surface area contributed by atoms with Gasteiger partial charge in [0, 0.05) is 51.2 Å². The van der Waals surface area contributed by atoms with Gasteiger partial charge in [-0.05, 0) is 13.3 Å². The van der Waals surface area contributed by atoms with E-state index in [1.165, 1.54) is 0 Å². The average molecular weight is 284 g/mol. The van der Waals surface area contributed by atoms with Gasteiger partial charge in [0.1, 0.15) is 0 Å². The monoisotopic (exact) mass is 284 g/mol. The van der Waals surface area contributed by atoms with Crippen molar-refractivity contribution >= 4 is 11.8 Å². The summed E-state index contributed by atoms with van der Waals surface area (Å²) in [5.41, 5.74) is -0.344. The summed E-state index contributed by atoms with van der Waals surface area (Å²) >= 11 is 0. The molecule has 0 spiro atoms. The number of carbonyl (C=O) groups is 2. The Hall–Kier alpha value is -1.10. The van der Waals surface area contributed by atoms with Crippen LogP contribution in [0.2, 0.25) is 0 Å². The molecule has 2 amide bonds. The molecule has 1 fully saturated rings. The van der Waals surface area contributed by atoms with Gasteiger partial charge < -0.3 is 14.5 Å². The van der Waals surface area contributed by atoms with Crippen LogP contribution < -0.4 is 0 Å². The highest BCUT2D eigenvalue weighted by Gasteiger charge is 2.30. The third-order valence-electron chi connectivity index (χ3n) is 3.44. The summed E-state index contributed by atoms with van der Waals surface area (Å²) in [6.07, 6.45) is 1.31. The topological polar surface area (TPSA) is 49.9 Å². The van der Waals surface area contributed by atoms with Gasteiger partial charge in [-0.15, -0.1) is 0 Å². The van der Waals surface area contributed by atoms with Crippen LogP contribution in [0.25, 0.3) is 0 Å². The molecule has 1 aliphatic rings. The zero-order valence-corrected chi connectivity index (χ0v) is 13.3. The number of hydrogen-bond donors (Lipinski definition) is 0. The van der Waals surface area contributed by atoms with Crippen molar-refractivity contribution in [2.24, 2.45) is 5.41 Å². The molecule has 1 aliphatic heterocycles. The standard InChI is InChI=1S/C15H28N2O3/c1-5-20-12-6-7-13(18)16-8-10-17(11-9-16)14(19)15(2,3)4/h5-12H2,1-4H3. The van der Waals surface area contributed by atoms with Crippen LogP contribution in [-0.4, -0.2) is 61.0 Å². The number of nitrogens with zero attached hydrogens (tertiary/aromatic N) is 2. The van der Waals surface area contributed by atoms with Crippen LogP contribution in [0.1, 0.15) is 40.5 Å². The maximum atomic E-state index is 12.1. The minimum absolute atomic E-state index is 0.168. The lowest BCUT2D eigenvalue weighted by atomic mass is 9.94. The molecular formula is C15H28N2O3. The van der Waals surface area contributed by atoms with Crippen molar-refractivity contribution in [3.63, 3.8) is 0 Å². The fourth-order valence-electron chi connectivity index (χ4n) is 2.26. The van der Waals surface area contributed by atoms with Crippen LogP contribution in [0.5, 0.6) is 0 Å². The van der Waals surface area contributed by atoms with E-state index in [1.54, 1.807) is 0 Å². The van der Waals surface area contributed by atoms with E-state index in [9.17, 15) is 9.59 Å². The first-order valence-electron chi connectivity index (χ1n) is 7.51. The summed E-state index contributed by atoms with van der Waals surface area (Å²) in [7, 11) is 0. The SMILES string of the molecule is CCOCCCC(=O)N1CCN(C(=O)C(C)(C)C)CC1.